The number of amides is 2. The minimum atomic E-state index is -1.08. The van der Waals surface area contributed by atoms with Crippen LogP contribution in [0.25, 0.3) is 33.5 Å². The molecule has 2 amide bonds. The van der Waals surface area contributed by atoms with Gasteiger partial charge in [0.05, 0.1) is 24.4 Å². The van der Waals surface area contributed by atoms with Crippen molar-refractivity contribution < 1.29 is 23.8 Å². The van der Waals surface area contributed by atoms with E-state index in [0.29, 0.717) is 63.9 Å². The normalized spacial score (nSPS) is 19.2. The number of H-pyrrole nitrogens is 1. The number of nitrogens with zero attached hydrogens (tertiary/aromatic N) is 7. The van der Waals surface area contributed by atoms with Crippen molar-refractivity contribution in [1.82, 2.24) is 34.9 Å². The van der Waals surface area contributed by atoms with Gasteiger partial charge in [-0.25, -0.2) is 15.0 Å². The number of nitrogens with one attached hydrogen (secondary N) is 2. The summed E-state index contributed by atoms with van der Waals surface area (Å²) in [6.07, 6.45) is 5.68. The lowest BCUT2D eigenvalue weighted by Crippen LogP contribution is -2.56. The molecule has 14 heteroatoms. The number of hydrogen-bond donors (Lipinski definition) is 2. The molecule has 0 bridgehead atoms. The molecule has 2 N–H and O–H groups in total. The van der Waals surface area contributed by atoms with E-state index in [2.05, 4.69) is 42.3 Å². The summed E-state index contributed by atoms with van der Waals surface area (Å²) in [6.45, 7) is 6.07. The number of carbonyl (C=O) groups is 2. The summed E-state index contributed by atoms with van der Waals surface area (Å²) in [5.41, 5.74) is 2.94. The molecule has 5 aromatic rings. The van der Waals surface area contributed by atoms with Crippen molar-refractivity contribution in [2.24, 2.45) is 0 Å². The first-order valence-corrected chi connectivity index (χ1v) is 17.4. The van der Waals surface area contributed by atoms with Crippen LogP contribution < -0.4 is 15.0 Å². The molecule has 0 spiro atoms. The molecule has 2 aliphatic heterocycles. The topological polar surface area (TPSA) is 151 Å². The van der Waals surface area contributed by atoms with Gasteiger partial charge in [-0.3, -0.25) is 19.6 Å². The van der Waals surface area contributed by atoms with Crippen LogP contribution in [0.3, 0.4) is 0 Å². The zero-order valence-corrected chi connectivity index (χ0v) is 29.6. The van der Waals surface area contributed by atoms with E-state index in [9.17, 15) is 9.59 Å². The van der Waals surface area contributed by atoms with E-state index in [-0.39, 0.29) is 24.4 Å². The third-order valence-electron chi connectivity index (χ3n) is 9.82. The zero-order chi connectivity index (χ0) is 36.1. The van der Waals surface area contributed by atoms with Crippen LogP contribution in [0, 0.1) is 0 Å². The Kier molecular flexibility index (Phi) is 10.4. The lowest BCUT2D eigenvalue weighted by atomic mass is 10.0. The number of methoxy groups -OCH3 is 2. The standard InChI is InChI=1S/C38H43N9O5/c1-26-23-46(33-12-7-28(22-41-33)36-39-14-4-15-40-36)17-18-47(26)34(48)24-45-16-13-38(25-45,51-3)37(49)42-29-8-11-32-31(21-29)35(44-43-32)27-5-9-30(10-6-27)52-20-19-50-2/h4-12,14-15,21-22,26H,13,16-20,23-25H2,1-3H3,(H,42,49)(H,43,44)/t26-,38+/m1/s1. The van der Waals surface area contributed by atoms with Gasteiger partial charge >= 0.3 is 0 Å². The summed E-state index contributed by atoms with van der Waals surface area (Å²) in [5, 5.41) is 11.6. The van der Waals surface area contributed by atoms with Gasteiger partial charge in [0.1, 0.15) is 18.2 Å². The molecule has 3 aromatic heterocycles. The van der Waals surface area contributed by atoms with Gasteiger partial charge in [0.25, 0.3) is 5.91 Å². The average Bonchev–Trinajstić information content (AvgIpc) is 3.80. The summed E-state index contributed by atoms with van der Waals surface area (Å²) in [5.74, 6) is 2.03. The van der Waals surface area contributed by atoms with E-state index in [1.807, 2.05) is 64.4 Å². The number of carbonyl (C=O) groups excluding carboxylic acids is 2. The molecule has 2 aliphatic rings. The fourth-order valence-corrected chi connectivity index (χ4v) is 6.92. The van der Waals surface area contributed by atoms with Crippen molar-refractivity contribution in [2.45, 2.75) is 25.0 Å². The molecule has 0 unspecified atom stereocenters. The lowest BCUT2D eigenvalue weighted by Gasteiger charge is -2.41. The number of pyridine rings is 1. The average molecular weight is 706 g/mol. The van der Waals surface area contributed by atoms with Gasteiger partial charge < -0.3 is 29.3 Å². The Hall–Kier alpha value is -5.44. The van der Waals surface area contributed by atoms with E-state index in [1.54, 1.807) is 38.9 Å². The summed E-state index contributed by atoms with van der Waals surface area (Å²) >= 11 is 0. The number of likely N-dealkylation sites (tertiary alicyclic amines) is 1. The van der Waals surface area contributed by atoms with Gasteiger partial charge in [0, 0.05) is 93.8 Å². The third-order valence-corrected chi connectivity index (χ3v) is 9.82. The van der Waals surface area contributed by atoms with Gasteiger partial charge in [-0.2, -0.15) is 5.10 Å². The molecule has 5 heterocycles. The molecule has 52 heavy (non-hydrogen) atoms. The highest BCUT2D eigenvalue weighted by molar-refractivity contribution is 6.01. The fourth-order valence-electron chi connectivity index (χ4n) is 6.92. The number of hydrogen-bond acceptors (Lipinski definition) is 11. The monoisotopic (exact) mass is 705 g/mol. The number of anilines is 2. The molecule has 2 saturated heterocycles. The van der Waals surface area contributed by atoms with E-state index in [4.69, 9.17) is 14.2 Å². The quantitative estimate of drug-likeness (QED) is 0.182. The third kappa shape index (κ3) is 7.45. The van der Waals surface area contributed by atoms with Crippen molar-refractivity contribution in [1.29, 1.82) is 0 Å². The first kappa shape index (κ1) is 35.0. The number of aromatic amines is 1. The van der Waals surface area contributed by atoms with Gasteiger partial charge in [-0.05, 0) is 74.0 Å². The summed E-state index contributed by atoms with van der Waals surface area (Å²) in [4.78, 5) is 46.7. The molecule has 0 aliphatic carbocycles. The lowest BCUT2D eigenvalue weighted by molar-refractivity contribution is -0.138. The molecule has 7 rings (SSSR count). The maximum absolute atomic E-state index is 13.8. The zero-order valence-electron chi connectivity index (χ0n) is 29.6. The predicted molar refractivity (Wildman–Crippen MR) is 197 cm³/mol. The van der Waals surface area contributed by atoms with Crippen LogP contribution in [0.15, 0.2) is 79.3 Å². The van der Waals surface area contributed by atoms with Crippen LogP contribution in [0.5, 0.6) is 5.75 Å². The molecule has 0 radical (unpaired) electrons. The highest BCUT2D eigenvalue weighted by Gasteiger charge is 2.46. The number of fused-ring (bicyclic) bond motifs is 1. The largest absolute Gasteiger partial charge is 0.491 e. The van der Waals surface area contributed by atoms with Crippen molar-refractivity contribution in [3.63, 3.8) is 0 Å². The van der Waals surface area contributed by atoms with Crippen molar-refractivity contribution in [3.8, 4) is 28.4 Å². The molecule has 2 fully saturated rings. The summed E-state index contributed by atoms with van der Waals surface area (Å²) in [6, 6.07) is 19.1. The predicted octanol–water partition coefficient (Wildman–Crippen LogP) is 3.87. The molecule has 270 valence electrons. The first-order valence-electron chi connectivity index (χ1n) is 17.4. The van der Waals surface area contributed by atoms with E-state index >= 15 is 0 Å². The number of aromatic nitrogens is 5. The Morgan fingerprint density at radius 3 is 2.50 bits per heavy atom. The second-order valence-corrected chi connectivity index (χ2v) is 13.2. The Labute approximate surface area is 302 Å². The Morgan fingerprint density at radius 2 is 1.77 bits per heavy atom. The molecular weight excluding hydrogens is 662 g/mol. The highest BCUT2D eigenvalue weighted by Crippen LogP contribution is 2.32. The second-order valence-electron chi connectivity index (χ2n) is 13.2. The van der Waals surface area contributed by atoms with Crippen LogP contribution in [0.2, 0.25) is 0 Å². The number of rotatable bonds is 12. The van der Waals surface area contributed by atoms with Gasteiger partial charge in [-0.1, -0.05) is 0 Å². The Morgan fingerprint density at radius 1 is 0.962 bits per heavy atom. The Balaban J connectivity index is 0.944. The minimum Gasteiger partial charge on any atom is -0.491 e. The number of ether oxygens (including phenoxy) is 3. The van der Waals surface area contributed by atoms with Crippen LogP contribution >= 0.6 is 0 Å². The smallest absolute Gasteiger partial charge is 0.258 e. The minimum absolute atomic E-state index is 0.00633. The van der Waals surface area contributed by atoms with Crippen LogP contribution in [0.1, 0.15) is 13.3 Å². The molecule has 0 saturated carbocycles. The van der Waals surface area contributed by atoms with Gasteiger partial charge in [-0.15, -0.1) is 0 Å². The van der Waals surface area contributed by atoms with Crippen LogP contribution in [-0.4, -0.2) is 125 Å². The van der Waals surface area contributed by atoms with Crippen molar-refractivity contribution in [2.75, 3.05) is 76.9 Å². The van der Waals surface area contributed by atoms with Crippen LogP contribution in [-0.2, 0) is 19.1 Å². The fraction of sp³-hybridized carbons (Fsp3) is 0.368. The Bertz CT molecular complexity index is 1990. The van der Waals surface area contributed by atoms with Crippen molar-refractivity contribution in [3.05, 3.63) is 79.3 Å². The SMILES string of the molecule is COCCOc1ccc(-c2n[nH]c3ccc(NC(=O)[C@]4(OC)CCN(CC(=O)N5CCN(c6ccc(-c7ncccn7)cn6)C[C@H]5C)C4)cc23)cc1. The number of benzene rings is 2. The molecule has 14 nitrogen and oxygen atoms in total. The maximum atomic E-state index is 13.8. The van der Waals surface area contributed by atoms with E-state index < -0.39 is 5.60 Å². The molecule has 2 atom stereocenters. The molecule has 2 aromatic carbocycles. The first-order chi connectivity index (χ1) is 25.4. The highest BCUT2D eigenvalue weighted by atomic mass is 16.5. The maximum Gasteiger partial charge on any atom is 0.258 e. The van der Waals surface area contributed by atoms with Crippen LogP contribution in [0.4, 0.5) is 11.5 Å². The van der Waals surface area contributed by atoms with Gasteiger partial charge in [0.2, 0.25) is 5.91 Å². The van der Waals surface area contributed by atoms with Crippen molar-refractivity contribution >= 4 is 34.2 Å². The second kappa shape index (κ2) is 15.4. The number of piperazine rings is 1. The molecular formula is C38H43N9O5. The van der Waals surface area contributed by atoms with Gasteiger partial charge in [0.15, 0.2) is 11.4 Å². The van der Waals surface area contributed by atoms with E-state index in [0.717, 1.165) is 39.3 Å². The van der Waals surface area contributed by atoms with E-state index in [1.165, 1.54) is 0 Å². The summed E-state index contributed by atoms with van der Waals surface area (Å²) in [7, 11) is 3.19. The summed E-state index contributed by atoms with van der Waals surface area (Å²) < 4.78 is 16.6.